The second-order valence-corrected chi connectivity index (χ2v) is 11.0. The highest BCUT2D eigenvalue weighted by Gasteiger charge is 2.22. The van der Waals surface area contributed by atoms with E-state index in [-0.39, 0.29) is 18.2 Å². The molecule has 0 saturated heterocycles. The van der Waals surface area contributed by atoms with Gasteiger partial charge >= 0.3 is 6.09 Å². The second-order valence-electron chi connectivity index (χ2n) is 9.96. The van der Waals surface area contributed by atoms with E-state index in [2.05, 4.69) is 25.3 Å². The molecule has 1 amide bonds. The standard InChI is InChI=1S/C30H30FN5O6S/c1-15-8-20(28-23(9-15)35-27(39-5)13-33-28)29-36-22-11-21(31)24(12-25(22)43-29)41-17(3)18(4)42-30(38)34-19-6-7-32-26(10-19)40-14-16(2)37/h6-13,16-18,37H,14H2,1-5H3,(H,32,34,38)/t16-,17+,18-/m1/s1. The minimum atomic E-state index is -0.732. The smallest absolute Gasteiger partial charge is 0.412 e. The summed E-state index contributed by atoms with van der Waals surface area (Å²) >= 11 is 1.38. The van der Waals surface area contributed by atoms with Gasteiger partial charge in [-0.25, -0.2) is 29.1 Å². The molecule has 0 unspecified atom stereocenters. The van der Waals surface area contributed by atoms with Crippen LogP contribution in [0.5, 0.6) is 17.5 Å². The molecule has 224 valence electrons. The van der Waals surface area contributed by atoms with Crippen molar-refractivity contribution in [3.63, 3.8) is 0 Å². The van der Waals surface area contributed by atoms with Crippen molar-refractivity contribution in [3.05, 3.63) is 60.2 Å². The highest BCUT2D eigenvalue weighted by molar-refractivity contribution is 7.21. The van der Waals surface area contributed by atoms with E-state index in [1.807, 2.05) is 19.1 Å². The Balaban J connectivity index is 1.28. The predicted octanol–water partition coefficient (Wildman–Crippen LogP) is 5.92. The summed E-state index contributed by atoms with van der Waals surface area (Å²) in [6.07, 6.45) is 0.200. The second kappa shape index (κ2) is 12.7. The molecule has 5 aromatic rings. The topological polar surface area (TPSA) is 138 Å². The maximum absolute atomic E-state index is 15.1. The third-order valence-electron chi connectivity index (χ3n) is 6.37. The summed E-state index contributed by atoms with van der Waals surface area (Å²) in [5, 5.41) is 12.6. The molecule has 0 radical (unpaired) electrons. The first-order valence-electron chi connectivity index (χ1n) is 13.4. The Kier molecular flexibility index (Phi) is 8.83. The van der Waals surface area contributed by atoms with Gasteiger partial charge in [0.1, 0.15) is 23.8 Å². The molecule has 0 aliphatic carbocycles. The molecule has 43 heavy (non-hydrogen) atoms. The highest BCUT2D eigenvalue weighted by atomic mass is 32.1. The molecule has 3 aromatic heterocycles. The fourth-order valence-electron chi connectivity index (χ4n) is 4.12. The van der Waals surface area contributed by atoms with Crippen LogP contribution in [-0.4, -0.2) is 63.2 Å². The molecule has 13 heteroatoms. The number of aliphatic hydroxyl groups excluding tert-OH is 1. The molecule has 0 spiro atoms. The van der Waals surface area contributed by atoms with Gasteiger partial charge in [0, 0.05) is 30.0 Å². The van der Waals surface area contributed by atoms with E-state index >= 15 is 4.39 Å². The molecule has 11 nitrogen and oxygen atoms in total. The van der Waals surface area contributed by atoms with Gasteiger partial charge in [-0.2, -0.15) is 0 Å². The van der Waals surface area contributed by atoms with Gasteiger partial charge in [0.05, 0.1) is 46.3 Å². The summed E-state index contributed by atoms with van der Waals surface area (Å²) in [5.74, 6) is 0.0723. The van der Waals surface area contributed by atoms with Crippen LogP contribution in [0.15, 0.2) is 48.8 Å². The number of methoxy groups -OCH3 is 1. The van der Waals surface area contributed by atoms with E-state index in [0.29, 0.717) is 37.8 Å². The zero-order chi connectivity index (χ0) is 30.7. The molecule has 3 atom stereocenters. The SMILES string of the molecule is COc1cnc2c(-c3nc4cc(F)c(O[C@@H](C)[C@@H](C)OC(=O)Nc5ccnc(OC[C@@H](C)O)c5)cc4s3)cc(C)cc2n1. The van der Waals surface area contributed by atoms with Crippen molar-refractivity contribution in [2.75, 3.05) is 19.0 Å². The molecule has 0 fully saturated rings. The fourth-order valence-corrected chi connectivity index (χ4v) is 5.12. The number of aryl methyl sites for hydroxylation is 1. The number of benzene rings is 2. The first kappa shape index (κ1) is 29.9. The summed E-state index contributed by atoms with van der Waals surface area (Å²) in [5.41, 5.74) is 3.96. The van der Waals surface area contributed by atoms with E-state index in [0.717, 1.165) is 11.1 Å². The van der Waals surface area contributed by atoms with E-state index in [9.17, 15) is 9.90 Å². The van der Waals surface area contributed by atoms with Crippen molar-refractivity contribution in [3.8, 4) is 28.1 Å². The third-order valence-corrected chi connectivity index (χ3v) is 7.42. The Bertz CT molecular complexity index is 1780. The average molecular weight is 608 g/mol. The molecule has 0 aliphatic rings. The van der Waals surface area contributed by atoms with Crippen LogP contribution in [0.3, 0.4) is 0 Å². The summed E-state index contributed by atoms with van der Waals surface area (Å²) in [6, 6.07) is 9.87. The van der Waals surface area contributed by atoms with Crippen LogP contribution < -0.4 is 19.5 Å². The van der Waals surface area contributed by atoms with Gasteiger partial charge in [0.15, 0.2) is 11.6 Å². The molecule has 5 rings (SSSR count). The number of aliphatic hydroxyl groups is 1. The van der Waals surface area contributed by atoms with Gasteiger partial charge in [-0.1, -0.05) is 0 Å². The lowest BCUT2D eigenvalue weighted by Crippen LogP contribution is -2.32. The van der Waals surface area contributed by atoms with Crippen LogP contribution in [-0.2, 0) is 4.74 Å². The molecule has 2 aromatic carbocycles. The summed E-state index contributed by atoms with van der Waals surface area (Å²) in [6.45, 7) is 6.93. The first-order valence-corrected chi connectivity index (χ1v) is 14.2. The van der Waals surface area contributed by atoms with Crippen LogP contribution in [0.1, 0.15) is 26.3 Å². The lowest BCUT2D eigenvalue weighted by Gasteiger charge is -2.22. The number of nitrogens with zero attached hydrogens (tertiary/aromatic N) is 4. The largest absolute Gasteiger partial charge is 0.484 e. The van der Waals surface area contributed by atoms with Crippen molar-refractivity contribution in [1.82, 2.24) is 19.9 Å². The number of thiazole rings is 1. The number of rotatable bonds is 10. The number of pyridine rings is 1. The van der Waals surface area contributed by atoms with Gasteiger partial charge in [0.25, 0.3) is 0 Å². The number of aromatic nitrogens is 4. The van der Waals surface area contributed by atoms with Crippen LogP contribution >= 0.6 is 11.3 Å². The number of anilines is 1. The number of nitrogens with one attached hydrogen (secondary N) is 1. The normalized spacial score (nSPS) is 13.4. The van der Waals surface area contributed by atoms with Crippen molar-refractivity contribution in [1.29, 1.82) is 0 Å². The van der Waals surface area contributed by atoms with Gasteiger partial charge in [-0.15, -0.1) is 11.3 Å². The Labute approximate surface area is 250 Å². The van der Waals surface area contributed by atoms with Crippen molar-refractivity contribution in [2.45, 2.75) is 46.0 Å². The summed E-state index contributed by atoms with van der Waals surface area (Å²) < 4.78 is 37.7. The molecular formula is C30H30FN5O6S. The molecule has 0 saturated carbocycles. The molecule has 0 bridgehead atoms. The molecule has 2 N–H and O–H groups in total. The number of ether oxygens (including phenoxy) is 4. The monoisotopic (exact) mass is 607 g/mol. The first-order chi connectivity index (χ1) is 20.6. The Morgan fingerprint density at radius 1 is 1.05 bits per heavy atom. The molecular weight excluding hydrogens is 577 g/mol. The number of carbonyl (C=O) groups is 1. The molecule has 0 aliphatic heterocycles. The molecule has 3 heterocycles. The van der Waals surface area contributed by atoms with Crippen LogP contribution in [0.25, 0.3) is 31.8 Å². The lowest BCUT2D eigenvalue weighted by molar-refractivity contribution is 0.0402. The van der Waals surface area contributed by atoms with E-state index in [1.54, 1.807) is 39.1 Å². The van der Waals surface area contributed by atoms with E-state index < -0.39 is 30.2 Å². The maximum Gasteiger partial charge on any atom is 0.412 e. The van der Waals surface area contributed by atoms with Crippen molar-refractivity contribution < 1.29 is 33.2 Å². The van der Waals surface area contributed by atoms with Crippen molar-refractivity contribution >= 4 is 44.4 Å². The van der Waals surface area contributed by atoms with Gasteiger partial charge in [-0.05, 0) is 51.5 Å². The number of amides is 1. The van der Waals surface area contributed by atoms with Crippen LogP contribution in [0.4, 0.5) is 14.9 Å². The average Bonchev–Trinajstić information content (AvgIpc) is 3.37. The Morgan fingerprint density at radius 2 is 1.86 bits per heavy atom. The number of hydrogen-bond acceptors (Lipinski definition) is 11. The zero-order valence-electron chi connectivity index (χ0n) is 24.1. The number of carbonyl (C=O) groups excluding carboxylic acids is 1. The highest BCUT2D eigenvalue weighted by Crippen LogP contribution is 2.37. The Morgan fingerprint density at radius 3 is 2.63 bits per heavy atom. The zero-order valence-corrected chi connectivity index (χ0v) is 24.9. The predicted molar refractivity (Wildman–Crippen MR) is 160 cm³/mol. The van der Waals surface area contributed by atoms with Gasteiger partial charge < -0.3 is 24.1 Å². The fraction of sp³-hybridized carbons (Fsp3) is 0.300. The van der Waals surface area contributed by atoms with Crippen molar-refractivity contribution in [2.24, 2.45) is 0 Å². The summed E-state index contributed by atoms with van der Waals surface area (Å²) in [4.78, 5) is 30.2. The number of hydrogen-bond donors (Lipinski definition) is 2. The Hall–Kier alpha value is -4.62. The minimum Gasteiger partial charge on any atom is -0.484 e. The lowest BCUT2D eigenvalue weighted by atomic mass is 10.1. The quantitative estimate of drug-likeness (QED) is 0.197. The summed E-state index contributed by atoms with van der Waals surface area (Å²) in [7, 11) is 1.53. The van der Waals surface area contributed by atoms with Gasteiger partial charge in [0.2, 0.25) is 11.8 Å². The van der Waals surface area contributed by atoms with Crippen LogP contribution in [0, 0.1) is 12.7 Å². The van der Waals surface area contributed by atoms with E-state index in [1.165, 1.54) is 36.8 Å². The number of halogens is 1. The van der Waals surface area contributed by atoms with Crippen LogP contribution in [0.2, 0.25) is 0 Å². The maximum atomic E-state index is 15.1. The number of fused-ring (bicyclic) bond motifs is 2. The van der Waals surface area contributed by atoms with E-state index in [4.69, 9.17) is 18.9 Å². The minimum absolute atomic E-state index is 0.0127. The van der Waals surface area contributed by atoms with Gasteiger partial charge in [-0.3, -0.25) is 5.32 Å². The third kappa shape index (κ3) is 7.07.